The van der Waals surface area contributed by atoms with Gasteiger partial charge in [0, 0.05) is 31.5 Å². The summed E-state index contributed by atoms with van der Waals surface area (Å²) in [7, 11) is 0. The van der Waals surface area contributed by atoms with E-state index in [1.54, 1.807) is 0 Å². The lowest BCUT2D eigenvalue weighted by Crippen LogP contribution is -2.38. The summed E-state index contributed by atoms with van der Waals surface area (Å²) in [6, 6.07) is 0. The maximum atomic E-state index is 11.7. The lowest BCUT2D eigenvalue weighted by molar-refractivity contribution is -0.128. The standard InChI is InChI=1S/C15H28N2O3/c1-15(2,3)14(20)16-8-7-13(19)17-9-11-5-4-6-12(11)10-18/h11-12,18H,4-10H2,1-3H3,(H,16,20)(H,17,19). The van der Waals surface area contributed by atoms with E-state index in [-0.39, 0.29) is 18.4 Å². The third-order valence-electron chi connectivity index (χ3n) is 3.93. The van der Waals surface area contributed by atoms with Crippen molar-refractivity contribution in [1.29, 1.82) is 0 Å². The van der Waals surface area contributed by atoms with E-state index in [0.29, 0.717) is 31.3 Å². The smallest absolute Gasteiger partial charge is 0.225 e. The Labute approximate surface area is 121 Å². The third-order valence-corrected chi connectivity index (χ3v) is 3.93. The average molecular weight is 284 g/mol. The van der Waals surface area contributed by atoms with E-state index in [4.69, 9.17) is 0 Å². The van der Waals surface area contributed by atoms with Gasteiger partial charge in [-0.15, -0.1) is 0 Å². The highest BCUT2D eigenvalue weighted by Gasteiger charge is 2.26. The van der Waals surface area contributed by atoms with Crippen molar-refractivity contribution in [2.24, 2.45) is 17.3 Å². The number of aliphatic hydroxyl groups excluding tert-OH is 1. The molecule has 20 heavy (non-hydrogen) atoms. The van der Waals surface area contributed by atoms with E-state index in [0.717, 1.165) is 19.3 Å². The Bertz CT molecular complexity index is 337. The van der Waals surface area contributed by atoms with Crippen molar-refractivity contribution < 1.29 is 14.7 Å². The molecule has 0 aromatic heterocycles. The Hall–Kier alpha value is -1.10. The second-order valence-electron chi connectivity index (χ2n) is 6.69. The summed E-state index contributed by atoms with van der Waals surface area (Å²) < 4.78 is 0. The molecule has 1 fully saturated rings. The maximum Gasteiger partial charge on any atom is 0.225 e. The van der Waals surface area contributed by atoms with Crippen molar-refractivity contribution in [3.63, 3.8) is 0 Å². The zero-order chi connectivity index (χ0) is 15.2. The van der Waals surface area contributed by atoms with Crippen LogP contribution in [0, 0.1) is 17.3 Å². The first-order valence-corrected chi connectivity index (χ1v) is 7.50. The van der Waals surface area contributed by atoms with Crippen molar-refractivity contribution in [3.8, 4) is 0 Å². The molecule has 0 aromatic rings. The molecule has 1 saturated carbocycles. The normalized spacial score (nSPS) is 22.6. The van der Waals surface area contributed by atoms with Gasteiger partial charge in [-0.3, -0.25) is 9.59 Å². The first kappa shape index (κ1) is 17.0. The van der Waals surface area contributed by atoms with Crippen molar-refractivity contribution in [2.45, 2.75) is 46.5 Å². The van der Waals surface area contributed by atoms with Gasteiger partial charge in [0.2, 0.25) is 11.8 Å². The first-order valence-electron chi connectivity index (χ1n) is 7.50. The Balaban J connectivity index is 2.16. The summed E-state index contributed by atoms with van der Waals surface area (Å²) >= 11 is 0. The van der Waals surface area contributed by atoms with E-state index in [9.17, 15) is 14.7 Å². The minimum atomic E-state index is -0.422. The third kappa shape index (κ3) is 5.49. The number of aliphatic hydroxyl groups is 1. The summed E-state index contributed by atoms with van der Waals surface area (Å²) in [6.07, 6.45) is 3.57. The monoisotopic (exact) mass is 284 g/mol. The van der Waals surface area contributed by atoms with Crippen LogP contribution < -0.4 is 10.6 Å². The van der Waals surface area contributed by atoms with Crippen LogP contribution in [0.5, 0.6) is 0 Å². The van der Waals surface area contributed by atoms with Crippen LogP contribution in [-0.4, -0.2) is 36.6 Å². The van der Waals surface area contributed by atoms with Gasteiger partial charge in [0.1, 0.15) is 0 Å². The van der Waals surface area contributed by atoms with Crippen molar-refractivity contribution in [2.75, 3.05) is 19.7 Å². The molecule has 116 valence electrons. The van der Waals surface area contributed by atoms with Gasteiger partial charge in [-0.05, 0) is 24.7 Å². The quantitative estimate of drug-likeness (QED) is 0.682. The number of hydrogen-bond donors (Lipinski definition) is 3. The fourth-order valence-corrected chi connectivity index (χ4v) is 2.51. The number of amides is 2. The molecule has 3 N–H and O–H groups in total. The predicted octanol–water partition coefficient (Wildman–Crippen LogP) is 1.06. The highest BCUT2D eigenvalue weighted by molar-refractivity contribution is 5.82. The van der Waals surface area contributed by atoms with E-state index in [2.05, 4.69) is 10.6 Å². The molecule has 2 atom stereocenters. The van der Waals surface area contributed by atoms with Gasteiger partial charge in [-0.1, -0.05) is 27.2 Å². The molecular weight excluding hydrogens is 256 g/mol. The fraction of sp³-hybridized carbons (Fsp3) is 0.867. The fourth-order valence-electron chi connectivity index (χ4n) is 2.51. The zero-order valence-electron chi connectivity index (χ0n) is 12.9. The number of carbonyl (C=O) groups is 2. The molecule has 2 amide bonds. The second-order valence-corrected chi connectivity index (χ2v) is 6.69. The second kappa shape index (κ2) is 7.62. The molecule has 0 aromatic carbocycles. The van der Waals surface area contributed by atoms with Gasteiger partial charge in [-0.25, -0.2) is 0 Å². The molecule has 0 bridgehead atoms. The van der Waals surface area contributed by atoms with Crippen LogP contribution in [0.3, 0.4) is 0 Å². The average Bonchev–Trinajstić information content (AvgIpc) is 2.82. The topological polar surface area (TPSA) is 78.4 Å². The van der Waals surface area contributed by atoms with Crippen LogP contribution in [0.4, 0.5) is 0 Å². The van der Waals surface area contributed by atoms with E-state index in [1.165, 1.54) is 0 Å². The van der Waals surface area contributed by atoms with Crippen LogP contribution in [0.25, 0.3) is 0 Å². The van der Waals surface area contributed by atoms with Gasteiger partial charge in [-0.2, -0.15) is 0 Å². The van der Waals surface area contributed by atoms with Gasteiger partial charge in [0.25, 0.3) is 0 Å². The van der Waals surface area contributed by atoms with Crippen LogP contribution >= 0.6 is 0 Å². The molecule has 5 nitrogen and oxygen atoms in total. The van der Waals surface area contributed by atoms with E-state index >= 15 is 0 Å². The number of rotatable bonds is 6. The Morgan fingerprint density at radius 1 is 1.15 bits per heavy atom. The largest absolute Gasteiger partial charge is 0.396 e. The minimum Gasteiger partial charge on any atom is -0.396 e. The molecule has 0 heterocycles. The highest BCUT2D eigenvalue weighted by Crippen LogP contribution is 2.30. The lowest BCUT2D eigenvalue weighted by atomic mass is 9.96. The zero-order valence-corrected chi connectivity index (χ0v) is 12.9. The number of hydrogen-bond acceptors (Lipinski definition) is 3. The highest BCUT2D eigenvalue weighted by atomic mass is 16.3. The van der Waals surface area contributed by atoms with Gasteiger partial charge in [0.15, 0.2) is 0 Å². The van der Waals surface area contributed by atoms with Crippen LogP contribution in [0.2, 0.25) is 0 Å². The van der Waals surface area contributed by atoms with Gasteiger partial charge < -0.3 is 15.7 Å². The molecule has 0 saturated heterocycles. The molecule has 1 aliphatic rings. The Morgan fingerprint density at radius 2 is 1.80 bits per heavy atom. The van der Waals surface area contributed by atoms with Crippen LogP contribution in [-0.2, 0) is 9.59 Å². The molecule has 5 heteroatoms. The summed E-state index contributed by atoms with van der Waals surface area (Å²) in [5.74, 6) is 0.647. The molecule has 0 aliphatic heterocycles. The van der Waals surface area contributed by atoms with Crippen LogP contribution in [0.1, 0.15) is 46.5 Å². The first-order chi connectivity index (χ1) is 9.34. The molecule has 0 radical (unpaired) electrons. The van der Waals surface area contributed by atoms with Crippen molar-refractivity contribution in [3.05, 3.63) is 0 Å². The minimum absolute atomic E-state index is 0.0391. The SMILES string of the molecule is CC(C)(C)C(=O)NCCC(=O)NCC1CCCC1CO. The number of carbonyl (C=O) groups excluding carboxylic acids is 2. The lowest BCUT2D eigenvalue weighted by Gasteiger charge is -2.19. The molecule has 1 aliphatic carbocycles. The maximum absolute atomic E-state index is 11.7. The molecule has 1 rings (SSSR count). The molecule has 0 spiro atoms. The Kier molecular flexibility index (Phi) is 6.46. The molecule has 2 unspecified atom stereocenters. The summed E-state index contributed by atoms with van der Waals surface area (Å²) in [5, 5.41) is 14.9. The predicted molar refractivity (Wildman–Crippen MR) is 78.0 cm³/mol. The summed E-state index contributed by atoms with van der Waals surface area (Å²) in [6.45, 7) is 6.75. The Morgan fingerprint density at radius 3 is 2.40 bits per heavy atom. The number of nitrogens with one attached hydrogen (secondary N) is 2. The van der Waals surface area contributed by atoms with E-state index in [1.807, 2.05) is 20.8 Å². The summed E-state index contributed by atoms with van der Waals surface area (Å²) in [4.78, 5) is 23.3. The van der Waals surface area contributed by atoms with E-state index < -0.39 is 5.41 Å². The van der Waals surface area contributed by atoms with Crippen molar-refractivity contribution in [1.82, 2.24) is 10.6 Å². The van der Waals surface area contributed by atoms with Gasteiger partial charge >= 0.3 is 0 Å². The van der Waals surface area contributed by atoms with Gasteiger partial charge in [0.05, 0.1) is 0 Å². The summed E-state index contributed by atoms with van der Waals surface area (Å²) in [5.41, 5.74) is -0.422. The molecular formula is C15H28N2O3. The van der Waals surface area contributed by atoms with Crippen LogP contribution in [0.15, 0.2) is 0 Å². The van der Waals surface area contributed by atoms with Crippen molar-refractivity contribution >= 4 is 11.8 Å².